The molecule has 0 unspecified atom stereocenters. The van der Waals surface area contributed by atoms with E-state index in [-0.39, 0.29) is 0 Å². The van der Waals surface area contributed by atoms with E-state index >= 15 is 0 Å². The molecule has 0 aliphatic rings. The summed E-state index contributed by atoms with van der Waals surface area (Å²) in [5.74, 6) is 0.599. The maximum absolute atomic E-state index is 6.13. The smallest absolute Gasteiger partial charge is 0.236 e. The highest BCUT2D eigenvalue weighted by Gasteiger charge is 2.21. The first-order valence-corrected chi connectivity index (χ1v) is 16.4. The first-order chi connectivity index (χ1) is 24.3. The lowest BCUT2D eigenvalue weighted by Crippen LogP contribution is -2.03. The Hall–Kier alpha value is -6.72. The molecule has 0 spiro atoms. The molecule has 0 radical (unpaired) electrons. The van der Waals surface area contributed by atoms with E-state index in [0.29, 0.717) is 11.5 Å². The summed E-state index contributed by atoms with van der Waals surface area (Å²) in [7, 11) is 0. The zero-order valence-electron chi connectivity index (χ0n) is 26.4. The molecule has 4 heterocycles. The normalized spacial score (nSPS) is 11.7. The molecule has 0 fully saturated rings. The maximum atomic E-state index is 6.13. The van der Waals surface area contributed by atoms with Gasteiger partial charge < -0.3 is 8.98 Å². The van der Waals surface area contributed by atoms with Gasteiger partial charge in [-0.3, -0.25) is 4.57 Å². The van der Waals surface area contributed by atoms with Crippen molar-refractivity contribution in [2.45, 2.75) is 0 Å². The Balaban J connectivity index is 1.26. The molecular formula is C44H28N4O. The lowest BCUT2D eigenvalue weighted by atomic mass is 9.95. The summed E-state index contributed by atoms with van der Waals surface area (Å²) in [6.07, 6.45) is 3.85. The van der Waals surface area contributed by atoms with Crippen molar-refractivity contribution in [3.63, 3.8) is 0 Å². The molecule has 5 heteroatoms. The van der Waals surface area contributed by atoms with Gasteiger partial charge >= 0.3 is 0 Å². The predicted octanol–water partition coefficient (Wildman–Crippen LogP) is 11.3. The number of rotatable bonds is 5. The Morgan fingerprint density at radius 2 is 1.12 bits per heavy atom. The van der Waals surface area contributed by atoms with Crippen LogP contribution in [-0.2, 0) is 0 Å². The summed E-state index contributed by atoms with van der Waals surface area (Å²) in [5.41, 5.74) is 12.0. The second-order valence-corrected chi connectivity index (χ2v) is 12.3. The van der Waals surface area contributed by atoms with Crippen molar-refractivity contribution >= 4 is 43.8 Å². The van der Waals surface area contributed by atoms with Gasteiger partial charge in [0.2, 0.25) is 5.95 Å². The van der Waals surface area contributed by atoms with Crippen LogP contribution >= 0.6 is 0 Å². The van der Waals surface area contributed by atoms with Crippen LogP contribution in [0.5, 0.6) is 0 Å². The van der Waals surface area contributed by atoms with Crippen LogP contribution in [0.25, 0.3) is 89.0 Å². The average molecular weight is 629 g/mol. The number of fused-ring (bicyclic) bond motifs is 6. The van der Waals surface area contributed by atoms with Gasteiger partial charge in [0, 0.05) is 39.7 Å². The molecule has 49 heavy (non-hydrogen) atoms. The van der Waals surface area contributed by atoms with Crippen LogP contribution in [-0.4, -0.2) is 19.1 Å². The molecule has 230 valence electrons. The molecule has 0 aliphatic carbocycles. The lowest BCUT2D eigenvalue weighted by Gasteiger charge is -2.13. The highest BCUT2D eigenvalue weighted by Crippen LogP contribution is 2.39. The Kier molecular flexibility index (Phi) is 6.11. The van der Waals surface area contributed by atoms with Gasteiger partial charge in [-0.25, -0.2) is 9.97 Å². The Bertz CT molecular complexity index is 2750. The van der Waals surface area contributed by atoms with Crippen LogP contribution in [0.2, 0.25) is 0 Å². The van der Waals surface area contributed by atoms with Crippen molar-refractivity contribution in [3.8, 4) is 45.1 Å². The molecule has 10 rings (SSSR count). The molecule has 0 aliphatic heterocycles. The largest absolute Gasteiger partial charge is 0.460 e. The first kappa shape index (κ1) is 27.4. The highest BCUT2D eigenvalue weighted by atomic mass is 16.3. The Morgan fingerprint density at radius 1 is 0.469 bits per heavy atom. The van der Waals surface area contributed by atoms with Crippen LogP contribution in [0.4, 0.5) is 0 Å². The van der Waals surface area contributed by atoms with Gasteiger partial charge in [0.25, 0.3) is 0 Å². The van der Waals surface area contributed by atoms with Crippen LogP contribution in [0.15, 0.2) is 175 Å². The first-order valence-electron chi connectivity index (χ1n) is 16.4. The van der Waals surface area contributed by atoms with E-state index in [1.807, 2.05) is 24.3 Å². The maximum Gasteiger partial charge on any atom is 0.236 e. The zero-order chi connectivity index (χ0) is 32.3. The molecule has 0 atom stereocenters. The standard InChI is InChI=1S/C44H28N4O/c1-4-12-29(13-5-1)31-26-32(30-14-6-2-7-15-30)28-33(27-31)41-43-38(23-25-49-43)45-44(46-41)48-40-19-11-10-18-35(40)36-20-21-39-37(42(36)48)22-24-47(39)34-16-8-3-9-17-34/h1-28H. The van der Waals surface area contributed by atoms with E-state index in [9.17, 15) is 0 Å². The fourth-order valence-electron chi connectivity index (χ4n) is 7.20. The molecule has 0 amide bonds. The second kappa shape index (κ2) is 10.9. The van der Waals surface area contributed by atoms with Crippen molar-refractivity contribution in [2.24, 2.45) is 0 Å². The van der Waals surface area contributed by atoms with Crippen LogP contribution < -0.4 is 0 Å². The van der Waals surface area contributed by atoms with Gasteiger partial charge in [0.05, 0.1) is 22.8 Å². The fraction of sp³-hybridized carbons (Fsp3) is 0. The zero-order valence-corrected chi connectivity index (χ0v) is 26.4. The third-order valence-electron chi connectivity index (χ3n) is 9.45. The topological polar surface area (TPSA) is 48.8 Å². The molecule has 0 N–H and O–H groups in total. The number of aromatic nitrogens is 4. The summed E-state index contributed by atoms with van der Waals surface area (Å²) >= 11 is 0. The van der Waals surface area contributed by atoms with E-state index in [0.717, 1.165) is 77.4 Å². The summed E-state index contributed by atoms with van der Waals surface area (Å²) < 4.78 is 10.6. The number of para-hydroxylation sites is 2. The lowest BCUT2D eigenvalue weighted by molar-refractivity contribution is 0.614. The Labute approximate surface area is 282 Å². The van der Waals surface area contributed by atoms with E-state index < -0.39 is 0 Å². The minimum Gasteiger partial charge on any atom is -0.460 e. The predicted molar refractivity (Wildman–Crippen MR) is 199 cm³/mol. The SMILES string of the molecule is c1ccc(-c2cc(-c3ccccc3)cc(-c3nc(-n4c5ccccc5c5ccc6c(ccn6-c6ccccc6)c54)nc4ccoc34)c2)cc1. The number of hydrogen-bond donors (Lipinski definition) is 0. The number of hydrogen-bond acceptors (Lipinski definition) is 3. The van der Waals surface area contributed by atoms with E-state index in [4.69, 9.17) is 14.4 Å². The molecule has 0 saturated carbocycles. The van der Waals surface area contributed by atoms with Gasteiger partial charge in [-0.1, -0.05) is 103 Å². The quantitative estimate of drug-likeness (QED) is 0.191. The van der Waals surface area contributed by atoms with Crippen LogP contribution in [0.1, 0.15) is 0 Å². The molecule has 0 saturated heterocycles. The van der Waals surface area contributed by atoms with E-state index in [2.05, 4.69) is 149 Å². The number of benzene rings is 6. The Morgan fingerprint density at radius 3 is 1.86 bits per heavy atom. The summed E-state index contributed by atoms with van der Waals surface area (Å²) in [5, 5.41) is 3.44. The number of furan rings is 1. The molecule has 10 aromatic rings. The molecule has 4 aromatic heterocycles. The van der Waals surface area contributed by atoms with Crippen molar-refractivity contribution < 1.29 is 4.42 Å². The van der Waals surface area contributed by atoms with Gasteiger partial charge in [-0.15, -0.1) is 0 Å². The third kappa shape index (κ3) is 4.40. The van der Waals surface area contributed by atoms with Crippen molar-refractivity contribution in [1.29, 1.82) is 0 Å². The van der Waals surface area contributed by atoms with E-state index in [1.165, 1.54) is 0 Å². The summed E-state index contributed by atoms with van der Waals surface area (Å²) in [4.78, 5) is 10.5. The van der Waals surface area contributed by atoms with Gasteiger partial charge in [0.15, 0.2) is 5.58 Å². The average Bonchev–Trinajstić information content (AvgIpc) is 3.91. The molecule has 6 aromatic carbocycles. The number of nitrogens with zero attached hydrogens (tertiary/aromatic N) is 4. The van der Waals surface area contributed by atoms with Crippen molar-refractivity contribution in [2.75, 3.05) is 0 Å². The molecule has 5 nitrogen and oxygen atoms in total. The molecular weight excluding hydrogens is 601 g/mol. The minimum atomic E-state index is 0.599. The van der Waals surface area contributed by atoms with Gasteiger partial charge in [-0.2, -0.15) is 0 Å². The highest BCUT2D eigenvalue weighted by molar-refractivity contribution is 6.18. The summed E-state index contributed by atoms with van der Waals surface area (Å²) in [6, 6.07) is 55.2. The van der Waals surface area contributed by atoms with Crippen LogP contribution in [0, 0.1) is 0 Å². The van der Waals surface area contributed by atoms with E-state index in [1.54, 1.807) is 6.26 Å². The van der Waals surface area contributed by atoms with Crippen molar-refractivity contribution in [1.82, 2.24) is 19.1 Å². The minimum absolute atomic E-state index is 0.599. The third-order valence-corrected chi connectivity index (χ3v) is 9.45. The molecule has 0 bridgehead atoms. The fourth-order valence-corrected chi connectivity index (χ4v) is 7.20. The summed E-state index contributed by atoms with van der Waals surface area (Å²) in [6.45, 7) is 0. The monoisotopic (exact) mass is 628 g/mol. The van der Waals surface area contributed by atoms with Crippen molar-refractivity contribution in [3.05, 3.63) is 170 Å². The second-order valence-electron chi connectivity index (χ2n) is 12.3. The van der Waals surface area contributed by atoms with Gasteiger partial charge in [0.1, 0.15) is 11.2 Å². The van der Waals surface area contributed by atoms with Gasteiger partial charge in [-0.05, 0) is 70.8 Å². The van der Waals surface area contributed by atoms with Crippen LogP contribution in [0.3, 0.4) is 0 Å².